The Balaban J connectivity index is 2.04. The maximum atomic E-state index is 4.63. The highest BCUT2D eigenvalue weighted by atomic mass is 32.2. The van der Waals surface area contributed by atoms with Gasteiger partial charge in [-0.2, -0.15) is 0 Å². The summed E-state index contributed by atoms with van der Waals surface area (Å²) in [7, 11) is 0. The van der Waals surface area contributed by atoms with E-state index in [9.17, 15) is 0 Å². The van der Waals surface area contributed by atoms with Crippen molar-refractivity contribution in [3.05, 3.63) is 60.9 Å². The molecule has 1 aliphatic rings. The molecule has 4 aromatic rings. The number of nitrogens with zero attached hydrogens (tertiary/aromatic N) is 2. The van der Waals surface area contributed by atoms with E-state index in [0.717, 1.165) is 16.3 Å². The fraction of sp³-hybridized carbons (Fsp3) is 0. The van der Waals surface area contributed by atoms with Gasteiger partial charge >= 0.3 is 0 Å². The van der Waals surface area contributed by atoms with Crippen molar-refractivity contribution >= 4 is 33.3 Å². The molecule has 0 radical (unpaired) electrons. The van der Waals surface area contributed by atoms with Gasteiger partial charge in [0, 0.05) is 28.2 Å². The molecule has 98 valence electrons. The van der Waals surface area contributed by atoms with Crippen LogP contribution in [0, 0.1) is 0 Å². The molecular formula is C18H10N2S. The summed E-state index contributed by atoms with van der Waals surface area (Å²) in [5.41, 5.74) is 2.19. The smallest absolute Gasteiger partial charge is 0.110 e. The highest BCUT2D eigenvalue weighted by Gasteiger charge is 2.21. The molecule has 3 heterocycles. The van der Waals surface area contributed by atoms with Crippen molar-refractivity contribution < 1.29 is 0 Å². The molecule has 0 saturated heterocycles. The molecule has 0 saturated carbocycles. The first-order chi connectivity index (χ1) is 10.4. The lowest BCUT2D eigenvalue weighted by molar-refractivity contribution is 1.12. The molecule has 0 bridgehead atoms. The predicted octanol–water partition coefficient (Wildman–Crippen LogP) is 4.91. The van der Waals surface area contributed by atoms with E-state index in [-0.39, 0.29) is 0 Å². The summed E-state index contributed by atoms with van der Waals surface area (Å²) >= 11 is 1.74. The molecule has 0 unspecified atom stereocenters. The first kappa shape index (κ1) is 11.3. The van der Waals surface area contributed by atoms with Gasteiger partial charge in [-0.25, -0.2) is 4.98 Å². The third-order valence-electron chi connectivity index (χ3n) is 3.97. The molecule has 3 heteroatoms. The minimum atomic E-state index is 1.04. The van der Waals surface area contributed by atoms with Crippen LogP contribution >= 0.6 is 11.8 Å². The molecule has 1 aliphatic heterocycles. The largest absolute Gasteiger partial charge is 0.255 e. The third kappa shape index (κ3) is 1.49. The first-order valence-electron chi connectivity index (χ1n) is 6.85. The van der Waals surface area contributed by atoms with Crippen LogP contribution in [-0.2, 0) is 0 Å². The second kappa shape index (κ2) is 4.06. The lowest BCUT2D eigenvalue weighted by atomic mass is 9.99. The Labute approximate surface area is 125 Å². The molecule has 21 heavy (non-hydrogen) atoms. The zero-order valence-electron chi connectivity index (χ0n) is 11.1. The average Bonchev–Trinajstić information content (AvgIpc) is 2.55. The number of pyridine rings is 2. The third-order valence-corrected chi connectivity index (χ3v) is 5.03. The van der Waals surface area contributed by atoms with Crippen LogP contribution in [-0.4, -0.2) is 9.97 Å². The van der Waals surface area contributed by atoms with Gasteiger partial charge in [0.1, 0.15) is 5.03 Å². The molecule has 0 spiro atoms. The monoisotopic (exact) mass is 286 g/mol. The van der Waals surface area contributed by atoms with Gasteiger partial charge in [-0.05, 0) is 40.4 Å². The second-order valence-corrected chi connectivity index (χ2v) is 6.17. The molecule has 2 aromatic carbocycles. The molecular weight excluding hydrogens is 276 g/mol. The van der Waals surface area contributed by atoms with Crippen molar-refractivity contribution in [3.8, 4) is 11.3 Å². The molecule has 0 aliphatic carbocycles. The second-order valence-electron chi connectivity index (χ2n) is 5.14. The van der Waals surface area contributed by atoms with Crippen LogP contribution < -0.4 is 0 Å². The minimum absolute atomic E-state index is 1.04. The molecule has 5 rings (SSSR count). The number of hydrogen-bond acceptors (Lipinski definition) is 3. The summed E-state index contributed by atoms with van der Waals surface area (Å²) in [6.45, 7) is 0. The lowest BCUT2D eigenvalue weighted by Gasteiger charge is -2.19. The molecule has 0 N–H and O–H groups in total. The van der Waals surface area contributed by atoms with Crippen LogP contribution in [0.15, 0.2) is 70.8 Å². The normalized spacial score (nSPS) is 12.6. The number of hydrogen-bond donors (Lipinski definition) is 0. The Kier molecular flexibility index (Phi) is 2.18. The van der Waals surface area contributed by atoms with Crippen molar-refractivity contribution in [2.75, 3.05) is 0 Å². The summed E-state index contributed by atoms with van der Waals surface area (Å²) in [5, 5.41) is 6.12. The van der Waals surface area contributed by atoms with Gasteiger partial charge < -0.3 is 0 Å². The van der Waals surface area contributed by atoms with Gasteiger partial charge in [0.25, 0.3) is 0 Å². The van der Waals surface area contributed by atoms with Gasteiger partial charge in [0.05, 0.1) is 5.69 Å². The minimum Gasteiger partial charge on any atom is -0.255 e. The number of fused-ring (bicyclic) bond motifs is 4. The van der Waals surface area contributed by atoms with Crippen molar-refractivity contribution in [3.63, 3.8) is 0 Å². The standard InChI is InChI=1S/C18H10N2S/c1-2-5-12-11(4-1)10-15-16-13(12)7-9-19-17(16)14-6-3-8-20-18(14)21-15/h1-10H. The lowest BCUT2D eigenvalue weighted by Crippen LogP contribution is -1.97. The number of rotatable bonds is 0. The Bertz CT molecular complexity index is 1020. The maximum Gasteiger partial charge on any atom is 0.110 e. The number of aromatic nitrogens is 2. The predicted molar refractivity (Wildman–Crippen MR) is 86.6 cm³/mol. The summed E-state index contributed by atoms with van der Waals surface area (Å²) < 4.78 is 0. The zero-order valence-corrected chi connectivity index (χ0v) is 11.9. The van der Waals surface area contributed by atoms with E-state index < -0.39 is 0 Å². The van der Waals surface area contributed by atoms with E-state index in [1.165, 1.54) is 26.4 Å². The van der Waals surface area contributed by atoms with Crippen LogP contribution in [0.25, 0.3) is 32.8 Å². The van der Waals surface area contributed by atoms with E-state index >= 15 is 0 Å². The van der Waals surface area contributed by atoms with E-state index in [1.54, 1.807) is 11.8 Å². The van der Waals surface area contributed by atoms with Crippen molar-refractivity contribution in [2.45, 2.75) is 9.92 Å². The molecule has 2 aromatic heterocycles. The van der Waals surface area contributed by atoms with Crippen LogP contribution in [0.5, 0.6) is 0 Å². The summed E-state index contributed by atoms with van der Waals surface area (Å²) in [4.78, 5) is 10.4. The topological polar surface area (TPSA) is 25.8 Å². The Morgan fingerprint density at radius 2 is 1.76 bits per heavy atom. The van der Waals surface area contributed by atoms with Gasteiger partial charge in [0.15, 0.2) is 0 Å². The van der Waals surface area contributed by atoms with E-state index in [0.29, 0.717) is 0 Å². The number of benzene rings is 2. The molecule has 0 fully saturated rings. The quantitative estimate of drug-likeness (QED) is 0.378. The molecule has 0 atom stereocenters. The average molecular weight is 286 g/mol. The van der Waals surface area contributed by atoms with Crippen LogP contribution in [0.4, 0.5) is 0 Å². The van der Waals surface area contributed by atoms with E-state index in [1.807, 2.05) is 18.5 Å². The molecule has 0 amide bonds. The first-order valence-corrected chi connectivity index (χ1v) is 7.67. The summed E-state index contributed by atoms with van der Waals surface area (Å²) in [5.74, 6) is 0. The van der Waals surface area contributed by atoms with Gasteiger partial charge in [-0.3, -0.25) is 4.98 Å². The highest BCUT2D eigenvalue weighted by Crippen LogP contribution is 2.47. The van der Waals surface area contributed by atoms with E-state index in [4.69, 9.17) is 0 Å². The molecule has 2 nitrogen and oxygen atoms in total. The van der Waals surface area contributed by atoms with Crippen LogP contribution in [0.2, 0.25) is 0 Å². The zero-order chi connectivity index (χ0) is 13.8. The maximum absolute atomic E-state index is 4.63. The van der Waals surface area contributed by atoms with Crippen LogP contribution in [0.1, 0.15) is 0 Å². The highest BCUT2D eigenvalue weighted by molar-refractivity contribution is 7.99. The fourth-order valence-electron chi connectivity index (χ4n) is 3.06. The van der Waals surface area contributed by atoms with Gasteiger partial charge in [-0.1, -0.05) is 36.0 Å². The van der Waals surface area contributed by atoms with Crippen molar-refractivity contribution in [1.82, 2.24) is 9.97 Å². The Morgan fingerprint density at radius 3 is 2.76 bits per heavy atom. The fourth-order valence-corrected chi connectivity index (χ4v) is 4.15. The van der Waals surface area contributed by atoms with Gasteiger partial charge in [-0.15, -0.1) is 0 Å². The Hall–Kier alpha value is -2.39. The van der Waals surface area contributed by atoms with Gasteiger partial charge in [0.2, 0.25) is 0 Å². The van der Waals surface area contributed by atoms with Crippen LogP contribution in [0.3, 0.4) is 0 Å². The van der Waals surface area contributed by atoms with E-state index in [2.05, 4.69) is 52.4 Å². The SMILES string of the molecule is c1cnc2c(c1)-c1nccc3c1c(cc1ccccc13)S2. The summed E-state index contributed by atoms with van der Waals surface area (Å²) in [6.07, 6.45) is 3.75. The van der Waals surface area contributed by atoms with Crippen molar-refractivity contribution in [1.29, 1.82) is 0 Å². The Morgan fingerprint density at radius 1 is 0.810 bits per heavy atom. The summed E-state index contributed by atoms with van der Waals surface area (Å²) in [6, 6.07) is 17.0. The van der Waals surface area contributed by atoms with Crippen molar-refractivity contribution in [2.24, 2.45) is 0 Å².